The minimum atomic E-state index is 1.14. The molecule has 2 heteroatoms. The van der Waals surface area contributed by atoms with Crippen LogP contribution in [0.15, 0.2) is 194 Å². The van der Waals surface area contributed by atoms with Crippen LogP contribution in [0.2, 0.25) is 0 Å². The summed E-state index contributed by atoms with van der Waals surface area (Å²) in [4.78, 5) is 0. The van der Waals surface area contributed by atoms with E-state index in [1.54, 1.807) is 0 Å². The molecule has 0 atom stereocenters. The van der Waals surface area contributed by atoms with Crippen LogP contribution in [-0.4, -0.2) is 9.13 Å². The zero-order valence-electron chi connectivity index (χ0n) is 27.4. The van der Waals surface area contributed by atoms with Crippen LogP contribution >= 0.6 is 0 Å². The summed E-state index contributed by atoms with van der Waals surface area (Å²) >= 11 is 0. The third-order valence-corrected chi connectivity index (χ3v) is 10.1. The molecule has 0 saturated heterocycles. The molecule has 10 aromatic rings. The highest BCUT2D eigenvalue weighted by atomic mass is 15.0. The number of hydrogen-bond acceptors (Lipinski definition) is 0. The van der Waals surface area contributed by atoms with Crippen molar-refractivity contribution in [3.8, 4) is 44.8 Å². The minimum Gasteiger partial charge on any atom is -0.309 e. The summed E-state index contributed by atoms with van der Waals surface area (Å²) < 4.78 is 4.94. The maximum Gasteiger partial charge on any atom is 0.0641 e. The van der Waals surface area contributed by atoms with Gasteiger partial charge in [-0.3, -0.25) is 0 Å². The summed E-state index contributed by atoms with van der Waals surface area (Å²) in [7, 11) is 0. The van der Waals surface area contributed by atoms with Gasteiger partial charge in [0.05, 0.1) is 22.1 Å². The molecular weight excluding hydrogens is 605 g/mol. The largest absolute Gasteiger partial charge is 0.309 e. The van der Waals surface area contributed by atoms with Crippen LogP contribution in [-0.2, 0) is 0 Å². The second-order valence-corrected chi connectivity index (χ2v) is 13.0. The fraction of sp³-hybridized carbons (Fsp3) is 0. The Morgan fingerprint density at radius 3 is 1.40 bits per heavy atom. The van der Waals surface area contributed by atoms with Gasteiger partial charge in [0, 0.05) is 32.9 Å². The van der Waals surface area contributed by atoms with Crippen molar-refractivity contribution in [1.29, 1.82) is 0 Å². The fourth-order valence-corrected chi connectivity index (χ4v) is 7.84. The summed E-state index contributed by atoms with van der Waals surface area (Å²) in [5.74, 6) is 0. The fourth-order valence-electron chi connectivity index (χ4n) is 7.84. The first-order chi connectivity index (χ1) is 24.8. The Hall–Kier alpha value is -6.64. The molecule has 2 aromatic heterocycles. The quantitative estimate of drug-likeness (QED) is 0.178. The summed E-state index contributed by atoms with van der Waals surface area (Å²) in [6, 6.07) is 70.4. The van der Waals surface area contributed by atoms with Crippen LogP contribution in [0.5, 0.6) is 0 Å². The van der Waals surface area contributed by atoms with Crippen molar-refractivity contribution in [3.05, 3.63) is 194 Å². The maximum atomic E-state index is 2.48. The van der Waals surface area contributed by atoms with E-state index in [2.05, 4.69) is 203 Å². The van der Waals surface area contributed by atoms with Gasteiger partial charge in [0.2, 0.25) is 0 Å². The highest BCUT2D eigenvalue weighted by Crippen LogP contribution is 2.43. The Morgan fingerprint density at radius 2 is 0.760 bits per heavy atom. The third-order valence-electron chi connectivity index (χ3n) is 10.1. The van der Waals surface area contributed by atoms with E-state index >= 15 is 0 Å². The van der Waals surface area contributed by atoms with Crippen molar-refractivity contribution in [2.45, 2.75) is 0 Å². The van der Waals surface area contributed by atoms with Crippen molar-refractivity contribution in [1.82, 2.24) is 9.13 Å². The first-order valence-electron chi connectivity index (χ1n) is 17.2. The van der Waals surface area contributed by atoms with Crippen molar-refractivity contribution in [2.24, 2.45) is 0 Å². The lowest BCUT2D eigenvalue weighted by molar-refractivity contribution is 1.17. The van der Waals surface area contributed by atoms with E-state index in [1.165, 1.54) is 77.0 Å². The van der Waals surface area contributed by atoms with Gasteiger partial charge >= 0.3 is 0 Å². The number of para-hydroxylation sites is 2. The van der Waals surface area contributed by atoms with Crippen LogP contribution in [0.4, 0.5) is 0 Å². The summed E-state index contributed by atoms with van der Waals surface area (Å²) in [5, 5.41) is 5.00. The highest BCUT2D eigenvalue weighted by Gasteiger charge is 2.21. The molecule has 0 saturated carbocycles. The molecule has 0 bridgehead atoms. The van der Waals surface area contributed by atoms with Gasteiger partial charge in [-0.05, 0) is 81.9 Å². The van der Waals surface area contributed by atoms with Crippen LogP contribution in [0, 0.1) is 0 Å². The summed E-state index contributed by atoms with van der Waals surface area (Å²) in [5.41, 5.74) is 14.3. The van der Waals surface area contributed by atoms with Gasteiger partial charge in [0.25, 0.3) is 0 Å². The van der Waals surface area contributed by atoms with E-state index in [1.807, 2.05) is 0 Å². The minimum absolute atomic E-state index is 1.14. The lowest BCUT2D eigenvalue weighted by Crippen LogP contribution is -1.97. The molecule has 2 nitrogen and oxygen atoms in total. The molecule has 0 N–H and O–H groups in total. The van der Waals surface area contributed by atoms with E-state index in [4.69, 9.17) is 0 Å². The second-order valence-electron chi connectivity index (χ2n) is 13.0. The van der Waals surface area contributed by atoms with Crippen LogP contribution in [0.3, 0.4) is 0 Å². The number of nitrogens with zero attached hydrogens (tertiary/aromatic N) is 2. The SMILES string of the molecule is c1ccc(-c2cc(-c3ccccc3)cc(-n3c4ccccc4c4c3ccc3c5ccccc5n(-c5cccc(-c6ccccc6)c5)c34)c2)cc1. The van der Waals surface area contributed by atoms with Gasteiger partial charge in [-0.2, -0.15) is 0 Å². The molecule has 0 unspecified atom stereocenters. The van der Waals surface area contributed by atoms with Crippen molar-refractivity contribution in [2.75, 3.05) is 0 Å². The molecule has 2 heterocycles. The molecule has 234 valence electrons. The smallest absolute Gasteiger partial charge is 0.0641 e. The van der Waals surface area contributed by atoms with E-state index in [0.29, 0.717) is 0 Å². The monoisotopic (exact) mass is 636 g/mol. The number of rotatable bonds is 5. The molecule has 0 aliphatic carbocycles. The Kier molecular flexibility index (Phi) is 6.53. The predicted octanol–water partition coefficient (Wildman–Crippen LogP) is 12.9. The van der Waals surface area contributed by atoms with Crippen molar-refractivity contribution >= 4 is 43.6 Å². The van der Waals surface area contributed by atoms with Gasteiger partial charge < -0.3 is 9.13 Å². The van der Waals surface area contributed by atoms with Gasteiger partial charge in [-0.1, -0.05) is 146 Å². The number of fused-ring (bicyclic) bond motifs is 7. The van der Waals surface area contributed by atoms with E-state index < -0.39 is 0 Å². The van der Waals surface area contributed by atoms with E-state index in [0.717, 1.165) is 11.4 Å². The normalized spacial score (nSPS) is 11.6. The van der Waals surface area contributed by atoms with Gasteiger partial charge in [-0.15, -0.1) is 0 Å². The third kappa shape index (κ3) is 4.50. The molecule has 0 radical (unpaired) electrons. The average molecular weight is 637 g/mol. The Labute approximate surface area is 290 Å². The first kappa shape index (κ1) is 28.4. The molecule has 0 aliphatic rings. The maximum absolute atomic E-state index is 2.48. The lowest BCUT2D eigenvalue weighted by Gasteiger charge is -2.14. The molecule has 0 fully saturated rings. The van der Waals surface area contributed by atoms with E-state index in [9.17, 15) is 0 Å². The highest BCUT2D eigenvalue weighted by molar-refractivity contribution is 6.26. The van der Waals surface area contributed by atoms with Crippen LogP contribution in [0.25, 0.3) is 88.4 Å². The Morgan fingerprint density at radius 1 is 0.260 bits per heavy atom. The van der Waals surface area contributed by atoms with Crippen molar-refractivity contribution < 1.29 is 0 Å². The standard InChI is InChI=1S/C48H32N2/c1-4-15-33(16-5-1)36-21-14-22-39(30-36)50-44-25-12-10-23-41(44)42-27-28-46-47(48(42)50)43-24-11-13-26-45(43)49(46)40-31-37(34-17-6-2-7-18-34)29-38(32-40)35-19-8-3-9-20-35/h1-32H. The van der Waals surface area contributed by atoms with Crippen LogP contribution < -0.4 is 0 Å². The lowest BCUT2D eigenvalue weighted by atomic mass is 9.98. The topological polar surface area (TPSA) is 9.86 Å². The van der Waals surface area contributed by atoms with Crippen molar-refractivity contribution in [3.63, 3.8) is 0 Å². The molecular formula is C48H32N2. The predicted molar refractivity (Wildman–Crippen MR) is 211 cm³/mol. The summed E-state index contributed by atoms with van der Waals surface area (Å²) in [6.45, 7) is 0. The molecule has 10 rings (SSSR count). The Balaban J connectivity index is 1.31. The first-order valence-corrected chi connectivity index (χ1v) is 17.2. The number of hydrogen-bond donors (Lipinski definition) is 0. The Bertz CT molecular complexity index is 2780. The molecule has 50 heavy (non-hydrogen) atoms. The van der Waals surface area contributed by atoms with Crippen LogP contribution in [0.1, 0.15) is 0 Å². The molecule has 0 spiro atoms. The van der Waals surface area contributed by atoms with Gasteiger partial charge in [0.15, 0.2) is 0 Å². The zero-order valence-corrected chi connectivity index (χ0v) is 27.4. The molecule has 8 aromatic carbocycles. The zero-order chi connectivity index (χ0) is 33.0. The average Bonchev–Trinajstić information content (AvgIpc) is 3.72. The van der Waals surface area contributed by atoms with E-state index in [-0.39, 0.29) is 0 Å². The summed E-state index contributed by atoms with van der Waals surface area (Å²) in [6.07, 6.45) is 0. The second kappa shape index (κ2) is 11.5. The molecule has 0 aliphatic heterocycles. The van der Waals surface area contributed by atoms with Gasteiger partial charge in [-0.25, -0.2) is 0 Å². The number of benzene rings is 8. The van der Waals surface area contributed by atoms with Gasteiger partial charge in [0.1, 0.15) is 0 Å². The molecule has 0 amide bonds. The number of aromatic nitrogens is 2.